The Morgan fingerprint density at radius 1 is 1.28 bits per heavy atom. The number of primary amides is 1. The molecule has 1 heterocycles. The quantitative estimate of drug-likeness (QED) is 0.791. The van der Waals surface area contributed by atoms with Gasteiger partial charge in [-0.15, -0.1) is 0 Å². The number of nitrogens with zero attached hydrogens (tertiary/aromatic N) is 1. The summed E-state index contributed by atoms with van der Waals surface area (Å²) in [6.45, 7) is -0.185. The van der Waals surface area contributed by atoms with Crippen LogP contribution in [0.15, 0.2) is 12.1 Å². The van der Waals surface area contributed by atoms with Crippen LogP contribution in [0.5, 0.6) is 0 Å². The van der Waals surface area contributed by atoms with Crippen LogP contribution in [0.4, 0.5) is 14.5 Å². The van der Waals surface area contributed by atoms with Crippen molar-refractivity contribution in [2.75, 3.05) is 11.4 Å². The second-order valence-electron chi connectivity index (χ2n) is 3.78. The molecule has 1 aliphatic heterocycles. The molecule has 0 unspecified atom stereocenters. The van der Waals surface area contributed by atoms with Crippen molar-refractivity contribution in [1.29, 1.82) is 0 Å². The van der Waals surface area contributed by atoms with Crippen molar-refractivity contribution in [2.45, 2.75) is 6.42 Å². The number of ketones is 1. The fraction of sp³-hybridized carbons (Fsp3) is 0.182. The molecule has 1 aromatic carbocycles. The van der Waals surface area contributed by atoms with Crippen LogP contribution >= 0.6 is 0 Å². The van der Waals surface area contributed by atoms with Crippen molar-refractivity contribution < 1.29 is 23.2 Å². The standard InChI is InChI=1S/C11H8F2N2O3/c12-5-3-6(13)9-7(4-5)15(2-1-8(14)16)11(18)10(9)17/h3-4H,1-2H2,(H2,14,16). The van der Waals surface area contributed by atoms with Gasteiger partial charge < -0.3 is 10.6 Å². The molecule has 0 radical (unpaired) electrons. The lowest BCUT2D eigenvalue weighted by atomic mass is 10.1. The third-order valence-corrected chi connectivity index (χ3v) is 2.57. The largest absolute Gasteiger partial charge is 0.370 e. The molecular weight excluding hydrogens is 246 g/mol. The maximum atomic E-state index is 13.4. The molecule has 0 fully saturated rings. The van der Waals surface area contributed by atoms with Gasteiger partial charge in [-0.05, 0) is 6.07 Å². The molecule has 0 aromatic heterocycles. The van der Waals surface area contributed by atoms with Crippen LogP contribution in [0.3, 0.4) is 0 Å². The first-order valence-electron chi connectivity index (χ1n) is 5.05. The topological polar surface area (TPSA) is 80.5 Å². The van der Waals surface area contributed by atoms with Crippen molar-refractivity contribution in [3.63, 3.8) is 0 Å². The fourth-order valence-corrected chi connectivity index (χ4v) is 1.78. The molecule has 0 atom stereocenters. The molecular formula is C11H8F2N2O3. The highest BCUT2D eigenvalue weighted by Gasteiger charge is 2.38. The van der Waals surface area contributed by atoms with Crippen molar-refractivity contribution in [2.24, 2.45) is 5.73 Å². The minimum absolute atomic E-state index is 0.163. The monoisotopic (exact) mass is 254 g/mol. The molecule has 7 heteroatoms. The molecule has 0 saturated heterocycles. The molecule has 5 nitrogen and oxygen atoms in total. The zero-order valence-corrected chi connectivity index (χ0v) is 9.07. The number of hydrogen-bond acceptors (Lipinski definition) is 3. The van der Waals surface area contributed by atoms with E-state index in [4.69, 9.17) is 5.73 Å². The predicted molar refractivity (Wildman–Crippen MR) is 56.9 cm³/mol. The fourth-order valence-electron chi connectivity index (χ4n) is 1.78. The summed E-state index contributed by atoms with van der Waals surface area (Å²) >= 11 is 0. The number of Topliss-reactive ketones (excluding diaryl/α,β-unsaturated/α-hetero) is 1. The first kappa shape index (κ1) is 12.2. The van der Waals surface area contributed by atoms with Crippen molar-refractivity contribution in [3.8, 4) is 0 Å². The van der Waals surface area contributed by atoms with Crippen LogP contribution in [-0.2, 0) is 9.59 Å². The van der Waals surface area contributed by atoms with E-state index in [9.17, 15) is 23.2 Å². The first-order chi connectivity index (χ1) is 8.41. The zero-order valence-electron chi connectivity index (χ0n) is 9.07. The van der Waals surface area contributed by atoms with E-state index in [-0.39, 0.29) is 18.7 Å². The number of fused-ring (bicyclic) bond motifs is 1. The number of carbonyl (C=O) groups is 3. The van der Waals surface area contributed by atoms with Crippen LogP contribution < -0.4 is 10.6 Å². The van der Waals surface area contributed by atoms with Gasteiger partial charge in [0, 0.05) is 19.0 Å². The van der Waals surface area contributed by atoms with Gasteiger partial charge in [0.05, 0.1) is 11.3 Å². The molecule has 0 bridgehead atoms. The number of nitrogens with two attached hydrogens (primary N) is 1. The lowest BCUT2D eigenvalue weighted by molar-refractivity contribution is -0.118. The van der Waals surface area contributed by atoms with E-state index >= 15 is 0 Å². The van der Waals surface area contributed by atoms with Gasteiger partial charge >= 0.3 is 0 Å². The SMILES string of the molecule is NC(=O)CCN1C(=O)C(=O)c2c(F)cc(F)cc21. The van der Waals surface area contributed by atoms with E-state index in [1.54, 1.807) is 0 Å². The van der Waals surface area contributed by atoms with Crippen LogP contribution in [0, 0.1) is 11.6 Å². The average Bonchev–Trinajstić information content (AvgIpc) is 2.49. The van der Waals surface area contributed by atoms with E-state index < -0.39 is 34.8 Å². The highest BCUT2D eigenvalue weighted by atomic mass is 19.1. The van der Waals surface area contributed by atoms with Gasteiger partial charge in [-0.2, -0.15) is 0 Å². The lowest BCUT2D eigenvalue weighted by Gasteiger charge is -2.15. The van der Waals surface area contributed by atoms with E-state index in [2.05, 4.69) is 0 Å². The Morgan fingerprint density at radius 2 is 1.94 bits per heavy atom. The van der Waals surface area contributed by atoms with Crippen LogP contribution in [0.2, 0.25) is 0 Å². The Labute approximate surface area is 100 Å². The molecule has 0 saturated carbocycles. The highest BCUT2D eigenvalue weighted by Crippen LogP contribution is 2.31. The summed E-state index contributed by atoms with van der Waals surface area (Å²) in [6, 6.07) is 1.41. The summed E-state index contributed by atoms with van der Waals surface area (Å²) in [4.78, 5) is 34.6. The average molecular weight is 254 g/mol. The highest BCUT2D eigenvalue weighted by molar-refractivity contribution is 6.52. The van der Waals surface area contributed by atoms with Gasteiger partial charge in [-0.3, -0.25) is 14.4 Å². The number of hydrogen-bond donors (Lipinski definition) is 1. The van der Waals surface area contributed by atoms with Crippen molar-refractivity contribution in [1.82, 2.24) is 0 Å². The van der Waals surface area contributed by atoms with Gasteiger partial charge in [0.25, 0.3) is 11.7 Å². The Hall–Kier alpha value is -2.31. The molecule has 18 heavy (non-hydrogen) atoms. The Morgan fingerprint density at radius 3 is 2.56 bits per heavy atom. The second kappa shape index (κ2) is 4.17. The Balaban J connectivity index is 2.44. The van der Waals surface area contributed by atoms with E-state index in [1.165, 1.54) is 0 Å². The summed E-state index contributed by atoms with van der Waals surface area (Å²) < 4.78 is 26.5. The number of amides is 2. The third-order valence-electron chi connectivity index (χ3n) is 2.57. The summed E-state index contributed by atoms with van der Waals surface area (Å²) in [5, 5.41) is 0. The lowest BCUT2D eigenvalue weighted by Crippen LogP contribution is -2.32. The molecule has 1 aromatic rings. The molecule has 94 valence electrons. The van der Waals surface area contributed by atoms with Crippen LogP contribution in [0.1, 0.15) is 16.8 Å². The molecule has 0 spiro atoms. The van der Waals surface area contributed by atoms with Gasteiger partial charge in [0.15, 0.2) is 0 Å². The first-order valence-corrected chi connectivity index (χ1v) is 5.05. The number of anilines is 1. The van der Waals surface area contributed by atoms with Gasteiger partial charge in [0.2, 0.25) is 5.91 Å². The number of carbonyl (C=O) groups excluding carboxylic acids is 3. The normalized spacial score (nSPS) is 14.0. The van der Waals surface area contributed by atoms with E-state index in [1.807, 2.05) is 0 Å². The Bertz CT molecular complexity index is 572. The predicted octanol–water partition coefficient (Wildman–Crippen LogP) is 0.369. The maximum Gasteiger partial charge on any atom is 0.299 e. The van der Waals surface area contributed by atoms with Crippen LogP contribution in [0.25, 0.3) is 0 Å². The molecule has 2 rings (SSSR count). The summed E-state index contributed by atoms with van der Waals surface area (Å²) in [6.07, 6.45) is -0.198. The zero-order chi connectivity index (χ0) is 13.4. The molecule has 2 amide bonds. The third kappa shape index (κ3) is 1.83. The second-order valence-corrected chi connectivity index (χ2v) is 3.78. The van der Waals surface area contributed by atoms with E-state index in [0.717, 1.165) is 11.0 Å². The number of rotatable bonds is 3. The summed E-state index contributed by atoms with van der Waals surface area (Å²) in [7, 11) is 0. The Kier molecular flexibility index (Phi) is 2.82. The van der Waals surface area contributed by atoms with Crippen LogP contribution in [-0.4, -0.2) is 24.1 Å². The molecule has 0 aliphatic carbocycles. The maximum absolute atomic E-state index is 13.4. The van der Waals surface area contributed by atoms with Gasteiger partial charge in [0.1, 0.15) is 11.6 Å². The summed E-state index contributed by atoms with van der Waals surface area (Å²) in [5.74, 6) is -4.72. The molecule has 1 aliphatic rings. The number of halogens is 2. The number of benzene rings is 1. The van der Waals surface area contributed by atoms with Crippen molar-refractivity contribution in [3.05, 3.63) is 29.3 Å². The smallest absolute Gasteiger partial charge is 0.299 e. The van der Waals surface area contributed by atoms with E-state index in [0.29, 0.717) is 6.07 Å². The molecule has 2 N–H and O–H groups in total. The minimum atomic E-state index is -1.09. The minimum Gasteiger partial charge on any atom is -0.370 e. The van der Waals surface area contributed by atoms with Gasteiger partial charge in [-0.25, -0.2) is 8.78 Å². The summed E-state index contributed by atoms with van der Waals surface area (Å²) in [5.41, 5.74) is 4.29. The van der Waals surface area contributed by atoms with Crippen molar-refractivity contribution >= 4 is 23.3 Å². The van der Waals surface area contributed by atoms with Gasteiger partial charge in [-0.1, -0.05) is 0 Å².